The Hall–Kier alpha value is -3.15. The van der Waals surface area contributed by atoms with Crippen LogP contribution in [0.15, 0.2) is 76.0 Å². The van der Waals surface area contributed by atoms with E-state index in [-0.39, 0.29) is 23.3 Å². The summed E-state index contributed by atoms with van der Waals surface area (Å²) in [6.45, 7) is 8.60. The predicted octanol–water partition coefficient (Wildman–Crippen LogP) is 5.20. The number of fused-ring (bicyclic) bond motifs is 1. The van der Waals surface area contributed by atoms with Gasteiger partial charge in [0.2, 0.25) is 0 Å². The Morgan fingerprint density at radius 2 is 1.94 bits per heavy atom. The molecule has 3 aliphatic rings. The van der Waals surface area contributed by atoms with E-state index in [4.69, 9.17) is 0 Å². The maximum absolute atomic E-state index is 13.6. The molecule has 1 unspecified atom stereocenters. The minimum Gasteiger partial charge on any atom is -0.362 e. The fraction of sp³-hybridized carbons (Fsp3) is 0.423. The molecule has 0 fully saturated rings. The Kier molecular flexibility index (Phi) is 4.84. The van der Waals surface area contributed by atoms with E-state index in [1.807, 2.05) is 12.3 Å². The summed E-state index contributed by atoms with van der Waals surface area (Å²) in [7, 11) is 0. The van der Waals surface area contributed by atoms with Gasteiger partial charge in [-0.15, -0.1) is 0 Å². The van der Waals surface area contributed by atoms with Gasteiger partial charge in [-0.3, -0.25) is 4.79 Å². The summed E-state index contributed by atoms with van der Waals surface area (Å²) in [6, 6.07) is 10.4. The molecule has 3 atom stereocenters. The Balaban J connectivity index is 1.68. The van der Waals surface area contributed by atoms with Crippen LogP contribution in [-0.2, 0) is 10.2 Å². The smallest absolute Gasteiger partial charge is 0.164 e. The van der Waals surface area contributed by atoms with E-state index in [1.165, 1.54) is 0 Å². The Morgan fingerprint density at radius 1 is 1.16 bits per heavy atom. The number of nitrogens with one attached hydrogen (secondary N) is 1. The minimum atomic E-state index is -0.532. The average molecular weight is 428 g/mol. The van der Waals surface area contributed by atoms with Gasteiger partial charge in [0.05, 0.1) is 11.6 Å². The number of carbonyl (C=O) groups is 1. The Bertz CT molecular complexity index is 1160. The van der Waals surface area contributed by atoms with Crippen LogP contribution in [-0.4, -0.2) is 21.9 Å². The van der Waals surface area contributed by atoms with Gasteiger partial charge in [0.1, 0.15) is 5.82 Å². The molecule has 0 spiro atoms. The molecular formula is C26H29N5O. The van der Waals surface area contributed by atoms with Crippen molar-refractivity contribution in [2.45, 2.75) is 64.5 Å². The fourth-order valence-corrected chi connectivity index (χ4v) is 5.65. The quantitative estimate of drug-likeness (QED) is 0.727. The third-order valence-corrected chi connectivity index (χ3v) is 7.16. The van der Waals surface area contributed by atoms with Gasteiger partial charge in [0.15, 0.2) is 11.9 Å². The highest BCUT2D eigenvalue weighted by atomic mass is 16.1. The average Bonchev–Trinajstić information content (AvgIpc) is 3.25. The van der Waals surface area contributed by atoms with E-state index in [1.54, 1.807) is 12.4 Å². The highest BCUT2D eigenvalue weighted by molar-refractivity contribution is 6.01. The van der Waals surface area contributed by atoms with E-state index in [0.717, 1.165) is 46.6 Å². The molecule has 0 saturated heterocycles. The van der Waals surface area contributed by atoms with Crippen LogP contribution in [0.4, 0.5) is 0 Å². The lowest BCUT2D eigenvalue weighted by Gasteiger charge is -2.48. The summed E-state index contributed by atoms with van der Waals surface area (Å²) in [5.74, 6) is 1.06. The van der Waals surface area contributed by atoms with Gasteiger partial charge in [0.25, 0.3) is 0 Å². The lowest BCUT2D eigenvalue weighted by Crippen LogP contribution is -2.51. The molecule has 164 valence electrons. The molecule has 2 aromatic rings. The third kappa shape index (κ3) is 3.12. The van der Waals surface area contributed by atoms with Gasteiger partial charge in [-0.05, 0) is 35.4 Å². The first-order chi connectivity index (χ1) is 15.4. The topological polar surface area (TPSA) is 79.6 Å². The van der Waals surface area contributed by atoms with Crippen LogP contribution >= 0.6 is 0 Å². The number of rotatable bonds is 4. The Labute approximate surface area is 189 Å². The van der Waals surface area contributed by atoms with Crippen LogP contribution in [0.5, 0.6) is 0 Å². The fourth-order valence-electron chi connectivity index (χ4n) is 5.65. The van der Waals surface area contributed by atoms with Crippen molar-refractivity contribution < 1.29 is 4.79 Å². The number of ketones is 1. The van der Waals surface area contributed by atoms with Crippen molar-refractivity contribution in [3.63, 3.8) is 0 Å². The number of allylic oxidation sites excluding steroid dienone is 2. The second kappa shape index (κ2) is 7.47. The zero-order valence-electron chi connectivity index (χ0n) is 19.1. The van der Waals surface area contributed by atoms with Gasteiger partial charge in [-0.1, -0.05) is 52.0 Å². The second-order valence-electron chi connectivity index (χ2n) is 9.87. The summed E-state index contributed by atoms with van der Waals surface area (Å²) >= 11 is 0. The Morgan fingerprint density at radius 3 is 2.69 bits per heavy atom. The van der Waals surface area contributed by atoms with Crippen LogP contribution in [0.2, 0.25) is 0 Å². The lowest BCUT2D eigenvalue weighted by molar-refractivity contribution is -0.119. The number of carbonyl (C=O) groups excluding carboxylic acids is 1. The zero-order valence-corrected chi connectivity index (χ0v) is 19.1. The van der Waals surface area contributed by atoms with Gasteiger partial charge in [-0.2, -0.15) is 10.2 Å². The molecule has 6 heteroatoms. The van der Waals surface area contributed by atoms with Crippen LogP contribution in [0.3, 0.4) is 0 Å². The van der Waals surface area contributed by atoms with E-state index in [9.17, 15) is 4.79 Å². The molecule has 0 saturated carbocycles. The molecule has 1 N–H and O–H groups in total. The molecule has 32 heavy (non-hydrogen) atoms. The normalized spacial score (nSPS) is 26.8. The first kappa shape index (κ1) is 20.7. The highest BCUT2D eigenvalue weighted by Gasteiger charge is 2.53. The van der Waals surface area contributed by atoms with Crippen molar-refractivity contribution in [1.29, 1.82) is 0 Å². The van der Waals surface area contributed by atoms with Crippen LogP contribution < -0.4 is 5.32 Å². The van der Waals surface area contributed by atoms with Crippen molar-refractivity contribution in [1.82, 2.24) is 15.3 Å². The lowest BCUT2D eigenvalue weighted by atomic mass is 9.58. The molecule has 1 aromatic heterocycles. The molecule has 0 bridgehead atoms. The van der Waals surface area contributed by atoms with Crippen molar-refractivity contribution in [3.05, 3.63) is 82.7 Å². The summed E-state index contributed by atoms with van der Waals surface area (Å²) in [4.78, 5) is 22.5. The summed E-state index contributed by atoms with van der Waals surface area (Å²) in [5, 5.41) is 12.3. The van der Waals surface area contributed by atoms with Gasteiger partial charge in [0, 0.05) is 41.6 Å². The molecule has 3 heterocycles. The maximum Gasteiger partial charge on any atom is 0.164 e. The number of azo groups is 1. The van der Waals surface area contributed by atoms with E-state index >= 15 is 0 Å². The van der Waals surface area contributed by atoms with Gasteiger partial charge >= 0.3 is 0 Å². The monoisotopic (exact) mass is 427 g/mol. The van der Waals surface area contributed by atoms with Crippen LogP contribution in [0.1, 0.15) is 69.8 Å². The SMILES string of the molecule is CC[C@]1(c2cccc([C@@H](C)c3ncccn3)c2)C2=CN=NC2NC2=C1C(=O)CC(C)(C)C2. The summed E-state index contributed by atoms with van der Waals surface area (Å²) in [5.41, 5.74) is 4.64. The van der Waals surface area contributed by atoms with Crippen molar-refractivity contribution in [3.8, 4) is 0 Å². The van der Waals surface area contributed by atoms with Crippen LogP contribution in [0, 0.1) is 5.41 Å². The molecule has 6 nitrogen and oxygen atoms in total. The highest BCUT2D eigenvalue weighted by Crippen LogP contribution is 2.53. The zero-order chi connectivity index (χ0) is 22.5. The minimum absolute atomic E-state index is 0.0453. The molecule has 0 amide bonds. The number of aromatic nitrogens is 2. The number of hydrogen-bond acceptors (Lipinski definition) is 6. The van der Waals surface area contributed by atoms with Gasteiger partial charge < -0.3 is 5.32 Å². The number of Topliss-reactive ketones (excluding diaryl/α,β-unsaturated/α-hetero) is 1. The second-order valence-corrected chi connectivity index (χ2v) is 9.87. The first-order valence-corrected chi connectivity index (χ1v) is 11.4. The van der Waals surface area contributed by atoms with Crippen molar-refractivity contribution in [2.24, 2.45) is 15.6 Å². The molecule has 1 aromatic carbocycles. The standard InChI is InChI=1S/C26H29N5O/c1-5-26(18-9-6-8-17(12-18)16(2)23-27-10-7-11-28-23)19-15-29-31-24(19)30-20-13-25(3,4)14-21(32)22(20)26/h6-12,15-16,24,30H,5,13-14H2,1-4H3/t16-,24?,26+/m1/s1. The predicted molar refractivity (Wildman–Crippen MR) is 123 cm³/mol. The van der Waals surface area contributed by atoms with Crippen molar-refractivity contribution >= 4 is 5.78 Å². The number of benzene rings is 1. The van der Waals surface area contributed by atoms with E-state index < -0.39 is 5.41 Å². The molecule has 2 aliphatic heterocycles. The first-order valence-electron chi connectivity index (χ1n) is 11.4. The van der Waals surface area contributed by atoms with E-state index in [0.29, 0.717) is 6.42 Å². The number of hydrogen-bond donors (Lipinski definition) is 1. The molecule has 1 aliphatic carbocycles. The maximum atomic E-state index is 13.6. The third-order valence-electron chi connectivity index (χ3n) is 7.16. The summed E-state index contributed by atoms with van der Waals surface area (Å²) in [6.07, 6.45) is 7.35. The van der Waals surface area contributed by atoms with Crippen LogP contribution in [0.25, 0.3) is 0 Å². The van der Waals surface area contributed by atoms with E-state index in [2.05, 4.69) is 77.5 Å². The molecule has 5 rings (SSSR count). The largest absolute Gasteiger partial charge is 0.362 e. The van der Waals surface area contributed by atoms with Crippen molar-refractivity contribution in [2.75, 3.05) is 0 Å². The van der Waals surface area contributed by atoms with Gasteiger partial charge in [-0.25, -0.2) is 9.97 Å². The molecular weight excluding hydrogens is 398 g/mol. The number of nitrogens with zero attached hydrogens (tertiary/aromatic N) is 4. The summed E-state index contributed by atoms with van der Waals surface area (Å²) < 4.78 is 0. The molecule has 0 radical (unpaired) electrons.